The topological polar surface area (TPSA) is 135 Å². The summed E-state index contributed by atoms with van der Waals surface area (Å²) in [5, 5.41) is 22.1. The molecule has 2 aromatic carbocycles. The number of amides is 2. The van der Waals surface area contributed by atoms with Crippen LogP contribution in [0.2, 0.25) is 0 Å². The van der Waals surface area contributed by atoms with Gasteiger partial charge in [0.2, 0.25) is 5.91 Å². The standard InChI is InChI=1S/C24H28N4O6/c1-14-23-20(28-27-14)11-17(13-22(23)34-18-5-8-32-9-6-18)16-3-4-19(26-15(2)29)21(12-16)33-10-7-25-24(30)31/h3-4,11-13,18,25H,5-10H2,1-2H3,(H,26,29)(H,27,28)(H,30,31). The molecule has 1 aromatic heterocycles. The van der Waals surface area contributed by atoms with Crippen LogP contribution in [0, 0.1) is 6.92 Å². The molecule has 0 bridgehead atoms. The van der Waals surface area contributed by atoms with Crippen LogP contribution in [0.1, 0.15) is 25.5 Å². The first-order chi connectivity index (χ1) is 16.4. The molecule has 0 unspecified atom stereocenters. The number of H-pyrrole nitrogens is 1. The molecule has 4 rings (SSSR count). The number of aromatic nitrogens is 2. The van der Waals surface area contributed by atoms with E-state index in [2.05, 4.69) is 20.8 Å². The number of hydrogen-bond donors (Lipinski definition) is 4. The predicted octanol–water partition coefficient (Wildman–Crippen LogP) is 3.70. The third-order valence-corrected chi connectivity index (χ3v) is 5.53. The van der Waals surface area contributed by atoms with Crippen molar-refractivity contribution in [3.63, 3.8) is 0 Å². The minimum atomic E-state index is -1.13. The SMILES string of the molecule is CC(=O)Nc1ccc(-c2cc(OC3CCOCC3)c3c(C)n[nH]c3c2)cc1OCCNC(=O)O. The van der Waals surface area contributed by atoms with E-state index in [1.54, 1.807) is 6.07 Å². The molecule has 1 aliphatic heterocycles. The van der Waals surface area contributed by atoms with Gasteiger partial charge in [-0.15, -0.1) is 0 Å². The number of carbonyl (C=O) groups is 2. The third-order valence-electron chi connectivity index (χ3n) is 5.53. The summed E-state index contributed by atoms with van der Waals surface area (Å²) in [6, 6.07) is 9.45. The van der Waals surface area contributed by atoms with E-state index in [-0.39, 0.29) is 25.2 Å². The zero-order chi connectivity index (χ0) is 24.1. The van der Waals surface area contributed by atoms with Gasteiger partial charge in [0.25, 0.3) is 0 Å². The molecule has 4 N–H and O–H groups in total. The molecule has 2 heterocycles. The van der Waals surface area contributed by atoms with Crippen molar-refractivity contribution in [1.29, 1.82) is 0 Å². The number of nitrogens with one attached hydrogen (secondary N) is 3. The Morgan fingerprint density at radius 3 is 2.68 bits per heavy atom. The van der Waals surface area contributed by atoms with Crippen molar-refractivity contribution in [3.8, 4) is 22.6 Å². The fourth-order valence-corrected chi connectivity index (χ4v) is 3.94. The van der Waals surface area contributed by atoms with Crippen LogP contribution in [0.25, 0.3) is 22.0 Å². The molecule has 0 aliphatic carbocycles. The number of carbonyl (C=O) groups excluding carboxylic acids is 1. The molecule has 0 radical (unpaired) electrons. The molecule has 0 spiro atoms. The summed E-state index contributed by atoms with van der Waals surface area (Å²) < 4.78 is 17.6. The summed E-state index contributed by atoms with van der Waals surface area (Å²) in [4.78, 5) is 22.3. The van der Waals surface area contributed by atoms with Gasteiger partial charge in [0, 0.05) is 19.8 Å². The monoisotopic (exact) mass is 468 g/mol. The van der Waals surface area contributed by atoms with Crippen molar-refractivity contribution >= 4 is 28.6 Å². The first kappa shape index (κ1) is 23.4. The van der Waals surface area contributed by atoms with Gasteiger partial charge in [-0.25, -0.2) is 4.79 Å². The second kappa shape index (κ2) is 10.4. The largest absolute Gasteiger partial charge is 0.490 e. The first-order valence-electron chi connectivity index (χ1n) is 11.2. The highest BCUT2D eigenvalue weighted by atomic mass is 16.5. The van der Waals surface area contributed by atoms with Crippen LogP contribution in [0.5, 0.6) is 11.5 Å². The van der Waals surface area contributed by atoms with E-state index in [0.29, 0.717) is 24.7 Å². The van der Waals surface area contributed by atoms with Gasteiger partial charge >= 0.3 is 6.09 Å². The molecule has 1 aliphatic rings. The number of anilines is 1. The van der Waals surface area contributed by atoms with Gasteiger partial charge in [-0.2, -0.15) is 5.10 Å². The Labute approximate surface area is 196 Å². The Hall–Kier alpha value is -3.79. The third kappa shape index (κ3) is 5.57. The number of carboxylic acid groups (broad SMARTS) is 1. The van der Waals surface area contributed by atoms with Crippen molar-refractivity contribution in [2.45, 2.75) is 32.8 Å². The number of rotatable bonds is 8. The van der Waals surface area contributed by atoms with E-state index in [9.17, 15) is 9.59 Å². The lowest BCUT2D eigenvalue weighted by Crippen LogP contribution is -2.26. The number of nitrogens with zero attached hydrogens (tertiary/aromatic N) is 1. The van der Waals surface area contributed by atoms with Gasteiger partial charge in [0.1, 0.15) is 24.2 Å². The molecule has 1 saturated heterocycles. The smallest absolute Gasteiger partial charge is 0.404 e. The lowest BCUT2D eigenvalue weighted by Gasteiger charge is -2.24. The normalized spacial score (nSPS) is 14.1. The Bertz CT molecular complexity index is 1190. The van der Waals surface area contributed by atoms with E-state index in [1.807, 2.05) is 31.2 Å². The Morgan fingerprint density at radius 1 is 1.18 bits per heavy atom. The highest BCUT2D eigenvalue weighted by Gasteiger charge is 2.19. The van der Waals surface area contributed by atoms with Crippen LogP contribution in [0.3, 0.4) is 0 Å². The fraction of sp³-hybridized carbons (Fsp3) is 0.375. The summed E-state index contributed by atoms with van der Waals surface area (Å²) in [6.45, 7) is 4.94. The van der Waals surface area contributed by atoms with Gasteiger partial charge in [-0.05, 0) is 42.3 Å². The maximum absolute atomic E-state index is 11.6. The lowest BCUT2D eigenvalue weighted by molar-refractivity contribution is -0.114. The lowest BCUT2D eigenvalue weighted by atomic mass is 10.0. The van der Waals surface area contributed by atoms with Gasteiger partial charge in [0.05, 0.1) is 42.0 Å². The number of aryl methyl sites for hydroxylation is 1. The Kier molecular flexibility index (Phi) is 7.17. The van der Waals surface area contributed by atoms with Crippen LogP contribution in [-0.2, 0) is 9.53 Å². The van der Waals surface area contributed by atoms with E-state index in [0.717, 1.165) is 46.3 Å². The molecule has 10 heteroatoms. The molecule has 1 fully saturated rings. The second-order valence-corrected chi connectivity index (χ2v) is 8.11. The van der Waals surface area contributed by atoms with Crippen molar-refractivity contribution in [1.82, 2.24) is 15.5 Å². The van der Waals surface area contributed by atoms with Crippen molar-refractivity contribution in [3.05, 3.63) is 36.0 Å². The minimum absolute atomic E-state index is 0.0734. The van der Waals surface area contributed by atoms with Crippen LogP contribution in [0.4, 0.5) is 10.5 Å². The molecular formula is C24H28N4O6. The van der Waals surface area contributed by atoms with Gasteiger partial charge < -0.3 is 30.0 Å². The number of fused-ring (bicyclic) bond motifs is 1. The highest BCUT2D eigenvalue weighted by molar-refractivity contribution is 5.94. The molecule has 180 valence electrons. The molecule has 2 amide bonds. The molecule has 34 heavy (non-hydrogen) atoms. The zero-order valence-corrected chi connectivity index (χ0v) is 19.1. The number of aromatic amines is 1. The van der Waals surface area contributed by atoms with Gasteiger partial charge in [-0.3, -0.25) is 9.89 Å². The molecule has 0 saturated carbocycles. The van der Waals surface area contributed by atoms with Crippen molar-refractivity contribution in [2.24, 2.45) is 0 Å². The van der Waals surface area contributed by atoms with Crippen molar-refractivity contribution < 1.29 is 28.9 Å². The van der Waals surface area contributed by atoms with Crippen LogP contribution >= 0.6 is 0 Å². The zero-order valence-electron chi connectivity index (χ0n) is 19.1. The summed E-state index contributed by atoms with van der Waals surface area (Å²) in [5.41, 5.74) is 3.96. The summed E-state index contributed by atoms with van der Waals surface area (Å²) in [5.74, 6) is 0.958. The Balaban J connectivity index is 1.67. The molecular weight excluding hydrogens is 440 g/mol. The fourth-order valence-electron chi connectivity index (χ4n) is 3.94. The quantitative estimate of drug-likeness (QED) is 0.370. The maximum Gasteiger partial charge on any atom is 0.404 e. The van der Waals surface area contributed by atoms with Crippen LogP contribution in [0.15, 0.2) is 30.3 Å². The number of hydrogen-bond acceptors (Lipinski definition) is 6. The average Bonchev–Trinajstić information content (AvgIpc) is 3.18. The molecule has 10 nitrogen and oxygen atoms in total. The van der Waals surface area contributed by atoms with Crippen LogP contribution in [-0.4, -0.2) is 59.8 Å². The van der Waals surface area contributed by atoms with Gasteiger partial charge in [-0.1, -0.05) is 6.07 Å². The molecule has 3 aromatic rings. The van der Waals surface area contributed by atoms with Gasteiger partial charge in [0.15, 0.2) is 0 Å². The van der Waals surface area contributed by atoms with Crippen LogP contribution < -0.4 is 20.1 Å². The Morgan fingerprint density at radius 2 is 1.94 bits per heavy atom. The van der Waals surface area contributed by atoms with E-state index < -0.39 is 6.09 Å². The highest BCUT2D eigenvalue weighted by Crippen LogP contribution is 2.37. The van der Waals surface area contributed by atoms with E-state index in [1.165, 1.54) is 6.92 Å². The average molecular weight is 469 g/mol. The van der Waals surface area contributed by atoms with Crippen molar-refractivity contribution in [2.75, 3.05) is 31.7 Å². The minimum Gasteiger partial charge on any atom is -0.490 e. The number of ether oxygens (including phenoxy) is 3. The maximum atomic E-state index is 11.6. The summed E-state index contributed by atoms with van der Waals surface area (Å²) >= 11 is 0. The summed E-state index contributed by atoms with van der Waals surface area (Å²) in [7, 11) is 0. The van der Waals surface area contributed by atoms with E-state index >= 15 is 0 Å². The molecule has 0 atom stereocenters. The second-order valence-electron chi connectivity index (χ2n) is 8.11. The number of benzene rings is 2. The predicted molar refractivity (Wildman–Crippen MR) is 127 cm³/mol. The first-order valence-corrected chi connectivity index (χ1v) is 11.2. The van der Waals surface area contributed by atoms with E-state index in [4.69, 9.17) is 19.3 Å². The summed E-state index contributed by atoms with van der Waals surface area (Å²) in [6.07, 6.45) is 0.608.